The number of halogens is 2. The highest BCUT2D eigenvalue weighted by atomic mass is 35.5. The fraction of sp³-hybridized carbons (Fsp3) is 0.200. The Morgan fingerprint density at radius 1 is 1.12 bits per heavy atom. The van der Waals surface area contributed by atoms with Crippen LogP contribution in [0.4, 0.5) is 10.1 Å². The molecule has 0 bridgehead atoms. The van der Waals surface area contributed by atoms with Crippen LogP contribution < -0.4 is 14.8 Å². The largest absolute Gasteiger partial charge is 0.490 e. The quantitative estimate of drug-likeness (QED) is 0.302. The summed E-state index contributed by atoms with van der Waals surface area (Å²) in [5, 5.41) is 6.82. The lowest BCUT2D eigenvalue weighted by Crippen LogP contribution is -2.16. The second kappa shape index (κ2) is 11.9. The maximum absolute atomic E-state index is 13.9. The maximum atomic E-state index is 13.9. The van der Waals surface area contributed by atoms with Gasteiger partial charge in [-0.1, -0.05) is 52.7 Å². The summed E-state index contributed by atoms with van der Waals surface area (Å²) in [6.45, 7) is 3.92. The van der Waals surface area contributed by atoms with Crippen LogP contribution >= 0.6 is 11.6 Å². The Hall–Kier alpha value is -3.58. The van der Waals surface area contributed by atoms with E-state index in [4.69, 9.17) is 25.9 Å². The molecule has 6 nitrogen and oxygen atoms in total. The lowest BCUT2D eigenvalue weighted by Gasteiger charge is -2.14. The Balaban J connectivity index is 1.60. The lowest BCUT2D eigenvalue weighted by molar-refractivity contribution is -0.120. The zero-order chi connectivity index (χ0) is 23.6. The molecule has 3 rings (SSSR count). The van der Waals surface area contributed by atoms with Crippen molar-refractivity contribution in [3.05, 3.63) is 88.2 Å². The summed E-state index contributed by atoms with van der Waals surface area (Å²) in [4.78, 5) is 17.0. The predicted octanol–water partition coefficient (Wildman–Crippen LogP) is 5.75. The molecule has 1 amide bonds. The third kappa shape index (κ3) is 7.22. The van der Waals surface area contributed by atoms with Gasteiger partial charge in [0.1, 0.15) is 12.4 Å². The fourth-order valence-electron chi connectivity index (χ4n) is 2.86. The van der Waals surface area contributed by atoms with Crippen molar-refractivity contribution in [1.82, 2.24) is 0 Å². The average molecular weight is 471 g/mol. The van der Waals surface area contributed by atoms with E-state index in [2.05, 4.69) is 10.5 Å². The SMILES string of the molecule is CCOc1cc(/C=N/OCC(=O)Nc2ccc(C)cc2)cc(Cl)c1OCc1ccccc1F. The van der Waals surface area contributed by atoms with Gasteiger partial charge in [0.25, 0.3) is 5.91 Å². The highest BCUT2D eigenvalue weighted by Gasteiger charge is 2.13. The Morgan fingerprint density at radius 3 is 2.61 bits per heavy atom. The summed E-state index contributed by atoms with van der Waals surface area (Å²) < 4.78 is 25.2. The minimum atomic E-state index is -0.362. The first-order valence-corrected chi connectivity index (χ1v) is 10.7. The smallest absolute Gasteiger partial charge is 0.265 e. The standard InChI is InChI=1S/C25H24ClFN2O4/c1-3-31-23-13-18(12-21(26)25(23)32-15-19-6-4-5-7-22(19)27)14-28-33-16-24(30)29-20-10-8-17(2)9-11-20/h4-14H,3,15-16H2,1-2H3,(H,29,30)/b28-14+. The van der Waals surface area contributed by atoms with Gasteiger partial charge in [0, 0.05) is 16.8 Å². The number of aryl methyl sites for hydroxylation is 1. The normalized spacial score (nSPS) is 10.8. The van der Waals surface area contributed by atoms with Crippen LogP contribution in [0.3, 0.4) is 0 Å². The summed E-state index contributed by atoms with van der Waals surface area (Å²) >= 11 is 6.38. The number of benzene rings is 3. The molecule has 33 heavy (non-hydrogen) atoms. The number of amides is 1. The van der Waals surface area contributed by atoms with E-state index < -0.39 is 0 Å². The molecule has 0 aliphatic heterocycles. The molecular weight excluding hydrogens is 447 g/mol. The molecule has 0 aliphatic carbocycles. The molecule has 0 fully saturated rings. The Kier molecular flexibility index (Phi) is 8.66. The minimum Gasteiger partial charge on any atom is -0.490 e. The zero-order valence-electron chi connectivity index (χ0n) is 18.3. The molecule has 0 heterocycles. The molecule has 172 valence electrons. The number of carbonyl (C=O) groups excluding carboxylic acids is 1. The molecule has 0 aliphatic rings. The van der Waals surface area contributed by atoms with Crippen LogP contribution in [0.5, 0.6) is 11.5 Å². The first-order valence-electron chi connectivity index (χ1n) is 10.3. The highest BCUT2D eigenvalue weighted by molar-refractivity contribution is 6.32. The van der Waals surface area contributed by atoms with Gasteiger partial charge >= 0.3 is 0 Å². The number of carbonyl (C=O) groups is 1. The van der Waals surface area contributed by atoms with Gasteiger partial charge in [0.05, 0.1) is 17.8 Å². The van der Waals surface area contributed by atoms with Crippen LogP contribution in [-0.2, 0) is 16.2 Å². The second-order valence-corrected chi connectivity index (χ2v) is 7.47. The fourth-order valence-corrected chi connectivity index (χ4v) is 3.13. The third-order valence-corrected chi connectivity index (χ3v) is 4.75. The van der Waals surface area contributed by atoms with Crippen molar-refractivity contribution >= 4 is 29.4 Å². The van der Waals surface area contributed by atoms with E-state index in [-0.39, 0.29) is 30.0 Å². The molecule has 0 unspecified atom stereocenters. The van der Waals surface area contributed by atoms with Crippen LogP contribution in [0, 0.1) is 12.7 Å². The minimum absolute atomic E-state index is 0.000884. The number of ether oxygens (including phenoxy) is 2. The topological polar surface area (TPSA) is 69.2 Å². The van der Waals surface area contributed by atoms with Gasteiger partial charge in [0.15, 0.2) is 18.1 Å². The average Bonchev–Trinajstić information content (AvgIpc) is 2.79. The van der Waals surface area contributed by atoms with Gasteiger partial charge < -0.3 is 19.6 Å². The number of hydrogen-bond donors (Lipinski definition) is 1. The van der Waals surface area contributed by atoms with Gasteiger partial charge in [0.2, 0.25) is 0 Å². The Morgan fingerprint density at radius 2 is 1.88 bits per heavy atom. The number of anilines is 1. The van der Waals surface area contributed by atoms with E-state index in [0.717, 1.165) is 5.56 Å². The van der Waals surface area contributed by atoms with Crippen LogP contribution in [0.2, 0.25) is 5.02 Å². The molecule has 3 aromatic rings. The molecule has 0 saturated carbocycles. The summed E-state index contributed by atoms with van der Waals surface area (Å²) in [5.74, 6) is -0.00273. The second-order valence-electron chi connectivity index (χ2n) is 7.07. The first kappa shape index (κ1) is 24.1. The molecule has 0 spiro atoms. The van der Waals surface area contributed by atoms with Crippen molar-refractivity contribution in [3.63, 3.8) is 0 Å². The van der Waals surface area contributed by atoms with Crippen molar-refractivity contribution < 1.29 is 23.5 Å². The number of rotatable bonds is 10. The van der Waals surface area contributed by atoms with E-state index in [9.17, 15) is 9.18 Å². The molecule has 0 aromatic heterocycles. The van der Waals surface area contributed by atoms with Gasteiger partial charge in [-0.2, -0.15) is 0 Å². The predicted molar refractivity (Wildman–Crippen MR) is 127 cm³/mol. The van der Waals surface area contributed by atoms with Gasteiger partial charge in [-0.05, 0) is 44.2 Å². The van der Waals surface area contributed by atoms with Crippen LogP contribution in [0.25, 0.3) is 0 Å². The molecule has 0 radical (unpaired) electrons. The highest BCUT2D eigenvalue weighted by Crippen LogP contribution is 2.37. The molecule has 1 N–H and O–H groups in total. The first-order chi connectivity index (χ1) is 16.0. The van der Waals surface area contributed by atoms with Crippen molar-refractivity contribution in [1.29, 1.82) is 0 Å². The maximum Gasteiger partial charge on any atom is 0.265 e. The molecule has 3 aromatic carbocycles. The van der Waals surface area contributed by atoms with Crippen LogP contribution in [0.1, 0.15) is 23.6 Å². The summed E-state index contributed by atoms with van der Waals surface area (Å²) in [6.07, 6.45) is 1.41. The Labute approximate surface area is 196 Å². The number of hydrogen-bond acceptors (Lipinski definition) is 5. The molecular formula is C25H24ClFN2O4. The van der Waals surface area contributed by atoms with Gasteiger partial charge in [-0.15, -0.1) is 0 Å². The summed E-state index contributed by atoms with van der Waals surface area (Å²) in [7, 11) is 0. The van der Waals surface area contributed by atoms with E-state index in [0.29, 0.717) is 34.9 Å². The van der Waals surface area contributed by atoms with Gasteiger partial charge in [-0.3, -0.25) is 4.79 Å². The monoisotopic (exact) mass is 470 g/mol. The molecule has 0 saturated heterocycles. The number of nitrogens with zero attached hydrogens (tertiary/aromatic N) is 1. The van der Waals surface area contributed by atoms with Crippen molar-refractivity contribution in [3.8, 4) is 11.5 Å². The summed E-state index contributed by atoms with van der Waals surface area (Å²) in [5.41, 5.74) is 2.76. The third-order valence-electron chi connectivity index (χ3n) is 4.47. The van der Waals surface area contributed by atoms with Crippen molar-refractivity contribution in [2.45, 2.75) is 20.5 Å². The van der Waals surface area contributed by atoms with E-state index >= 15 is 0 Å². The zero-order valence-corrected chi connectivity index (χ0v) is 19.1. The van der Waals surface area contributed by atoms with Crippen molar-refractivity contribution in [2.75, 3.05) is 18.5 Å². The van der Waals surface area contributed by atoms with Crippen LogP contribution in [-0.4, -0.2) is 25.3 Å². The van der Waals surface area contributed by atoms with E-state index in [1.54, 1.807) is 30.3 Å². The summed E-state index contributed by atoms with van der Waals surface area (Å²) in [6, 6.07) is 17.0. The number of nitrogens with one attached hydrogen (secondary N) is 1. The van der Waals surface area contributed by atoms with E-state index in [1.165, 1.54) is 12.3 Å². The van der Waals surface area contributed by atoms with Gasteiger partial charge in [-0.25, -0.2) is 4.39 Å². The van der Waals surface area contributed by atoms with Crippen LogP contribution in [0.15, 0.2) is 65.8 Å². The molecule has 0 atom stereocenters. The Bertz CT molecular complexity index is 1120. The molecule has 8 heteroatoms. The lowest BCUT2D eigenvalue weighted by atomic mass is 10.2. The van der Waals surface area contributed by atoms with Crippen molar-refractivity contribution in [2.24, 2.45) is 5.16 Å². The number of oxime groups is 1. The van der Waals surface area contributed by atoms with E-state index in [1.807, 2.05) is 38.1 Å².